The zero-order valence-corrected chi connectivity index (χ0v) is 13.2. The fraction of sp³-hybridized carbons (Fsp3) is 0.267. The molecule has 0 bridgehead atoms. The van der Waals surface area contributed by atoms with Crippen LogP contribution in [0.5, 0.6) is 5.75 Å². The van der Waals surface area contributed by atoms with Gasteiger partial charge in [-0.2, -0.15) is 0 Å². The van der Waals surface area contributed by atoms with Crippen molar-refractivity contribution >= 4 is 33.2 Å². The number of carbonyl (C=O) groups is 1. The number of thiophene rings is 1. The Hall–Kier alpha value is -1.33. The molecule has 2 heterocycles. The molecular formula is C15H14BrNO2S. The minimum atomic E-state index is -0.108. The number of rotatable bonds is 3. The lowest BCUT2D eigenvalue weighted by Crippen LogP contribution is -2.36. The van der Waals surface area contributed by atoms with Crippen LogP contribution in [0.25, 0.3) is 0 Å². The van der Waals surface area contributed by atoms with Crippen molar-refractivity contribution in [2.24, 2.45) is 5.92 Å². The van der Waals surface area contributed by atoms with Crippen molar-refractivity contribution in [3.63, 3.8) is 0 Å². The van der Waals surface area contributed by atoms with Crippen LogP contribution in [-0.2, 0) is 17.8 Å². The van der Waals surface area contributed by atoms with Crippen LogP contribution in [0.1, 0.15) is 10.4 Å². The lowest BCUT2D eigenvalue weighted by molar-refractivity contribution is -0.126. The summed E-state index contributed by atoms with van der Waals surface area (Å²) < 4.78 is 6.70. The summed E-state index contributed by atoms with van der Waals surface area (Å²) in [5.74, 6) is 0.848. The van der Waals surface area contributed by atoms with Gasteiger partial charge in [-0.1, -0.05) is 18.2 Å². The minimum absolute atomic E-state index is 0.0554. The molecule has 104 valence electrons. The van der Waals surface area contributed by atoms with Crippen molar-refractivity contribution in [1.82, 2.24) is 5.32 Å². The Bertz CT molecular complexity index is 626. The van der Waals surface area contributed by atoms with Crippen LogP contribution in [0.4, 0.5) is 0 Å². The molecule has 1 aliphatic heterocycles. The summed E-state index contributed by atoms with van der Waals surface area (Å²) >= 11 is 5.10. The second kappa shape index (κ2) is 5.97. The topological polar surface area (TPSA) is 38.3 Å². The predicted octanol–water partition coefficient (Wildman–Crippen LogP) is 3.38. The minimum Gasteiger partial charge on any atom is -0.492 e. The van der Waals surface area contributed by atoms with Crippen molar-refractivity contribution in [2.45, 2.75) is 13.0 Å². The molecule has 5 heteroatoms. The molecule has 3 nitrogen and oxygen atoms in total. The van der Waals surface area contributed by atoms with Crippen LogP contribution in [-0.4, -0.2) is 12.5 Å². The first-order chi connectivity index (χ1) is 9.74. The van der Waals surface area contributed by atoms with Crippen LogP contribution in [0, 0.1) is 5.92 Å². The lowest BCUT2D eigenvalue weighted by Gasteiger charge is -2.24. The van der Waals surface area contributed by atoms with Gasteiger partial charge in [-0.05, 0) is 45.4 Å². The van der Waals surface area contributed by atoms with Crippen LogP contribution in [0.15, 0.2) is 40.2 Å². The maximum atomic E-state index is 12.2. The SMILES string of the molecule is O=C(NCc1sccc1Br)C1COc2ccccc2C1. The average Bonchev–Trinajstić information content (AvgIpc) is 2.89. The van der Waals surface area contributed by atoms with Gasteiger partial charge in [0, 0.05) is 9.35 Å². The Balaban J connectivity index is 1.60. The molecule has 1 aliphatic rings. The molecule has 1 aromatic heterocycles. The summed E-state index contributed by atoms with van der Waals surface area (Å²) in [6, 6.07) is 9.89. The highest BCUT2D eigenvalue weighted by Crippen LogP contribution is 2.27. The van der Waals surface area contributed by atoms with Gasteiger partial charge in [0.2, 0.25) is 5.91 Å². The highest BCUT2D eigenvalue weighted by Gasteiger charge is 2.25. The molecule has 1 aromatic carbocycles. The predicted molar refractivity (Wildman–Crippen MR) is 83.0 cm³/mol. The summed E-state index contributed by atoms with van der Waals surface area (Å²) in [5, 5.41) is 4.99. The van der Waals surface area contributed by atoms with E-state index < -0.39 is 0 Å². The van der Waals surface area contributed by atoms with Gasteiger partial charge in [0.05, 0.1) is 12.5 Å². The van der Waals surface area contributed by atoms with E-state index in [9.17, 15) is 4.79 Å². The molecule has 1 unspecified atom stereocenters. The van der Waals surface area contributed by atoms with Gasteiger partial charge in [-0.3, -0.25) is 4.79 Å². The molecule has 0 fully saturated rings. The molecule has 0 radical (unpaired) electrons. The normalized spacial score (nSPS) is 17.1. The molecule has 1 N–H and O–H groups in total. The number of ether oxygens (including phenoxy) is 1. The van der Waals surface area contributed by atoms with Gasteiger partial charge < -0.3 is 10.1 Å². The maximum Gasteiger partial charge on any atom is 0.227 e. The number of fused-ring (bicyclic) bond motifs is 1. The zero-order valence-electron chi connectivity index (χ0n) is 10.8. The molecule has 1 amide bonds. The quantitative estimate of drug-likeness (QED) is 0.920. The van der Waals surface area contributed by atoms with E-state index >= 15 is 0 Å². The van der Waals surface area contributed by atoms with Gasteiger partial charge >= 0.3 is 0 Å². The van der Waals surface area contributed by atoms with Gasteiger partial charge in [-0.15, -0.1) is 11.3 Å². The largest absolute Gasteiger partial charge is 0.492 e. The third kappa shape index (κ3) is 2.88. The molecule has 0 saturated carbocycles. The summed E-state index contributed by atoms with van der Waals surface area (Å²) in [6.45, 7) is 1.02. The first-order valence-electron chi connectivity index (χ1n) is 6.44. The van der Waals surface area contributed by atoms with Crippen molar-refractivity contribution in [3.8, 4) is 5.75 Å². The number of hydrogen-bond acceptors (Lipinski definition) is 3. The van der Waals surface area contributed by atoms with Gasteiger partial charge in [0.15, 0.2) is 0 Å². The summed E-state index contributed by atoms with van der Waals surface area (Å²) in [4.78, 5) is 13.3. The second-order valence-corrected chi connectivity index (χ2v) is 6.58. The van der Waals surface area contributed by atoms with Crippen molar-refractivity contribution < 1.29 is 9.53 Å². The van der Waals surface area contributed by atoms with E-state index in [4.69, 9.17) is 4.74 Å². The molecule has 0 saturated heterocycles. The highest BCUT2D eigenvalue weighted by atomic mass is 79.9. The van der Waals surface area contributed by atoms with E-state index in [1.54, 1.807) is 11.3 Å². The summed E-state index contributed by atoms with van der Waals surface area (Å²) in [6.07, 6.45) is 0.744. The molecule has 1 atom stereocenters. The average molecular weight is 352 g/mol. The fourth-order valence-electron chi connectivity index (χ4n) is 2.26. The van der Waals surface area contributed by atoms with Crippen LogP contribution in [0.3, 0.4) is 0 Å². The third-order valence-corrected chi connectivity index (χ3v) is 5.29. The zero-order chi connectivity index (χ0) is 13.9. The van der Waals surface area contributed by atoms with Gasteiger partial charge in [-0.25, -0.2) is 0 Å². The van der Waals surface area contributed by atoms with Crippen LogP contribution in [0.2, 0.25) is 0 Å². The number of benzene rings is 1. The van der Waals surface area contributed by atoms with E-state index in [2.05, 4.69) is 21.2 Å². The standard InChI is InChI=1S/C15H14BrNO2S/c16-12-5-6-20-14(12)8-17-15(18)11-7-10-3-1-2-4-13(10)19-9-11/h1-6,11H,7-9H2,(H,17,18). The lowest BCUT2D eigenvalue weighted by atomic mass is 9.96. The number of carbonyl (C=O) groups excluding carboxylic acids is 1. The Morgan fingerprint density at radius 1 is 1.40 bits per heavy atom. The second-order valence-electron chi connectivity index (χ2n) is 4.73. The first kappa shape index (κ1) is 13.6. The van der Waals surface area contributed by atoms with Crippen LogP contribution < -0.4 is 10.1 Å². The molecule has 20 heavy (non-hydrogen) atoms. The maximum absolute atomic E-state index is 12.2. The Kier molecular flexibility index (Phi) is 4.08. The number of nitrogens with one attached hydrogen (secondary N) is 1. The van der Waals surface area contributed by atoms with Gasteiger partial charge in [0.25, 0.3) is 0 Å². The summed E-state index contributed by atoms with van der Waals surface area (Å²) in [5.41, 5.74) is 1.11. The molecular weight excluding hydrogens is 338 g/mol. The fourth-order valence-corrected chi connectivity index (χ4v) is 3.69. The monoisotopic (exact) mass is 351 g/mol. The van der Waals surface area contributed by atoms with E-state index in [1.165, 1.54) is 0 Å². The highest BCUT2D eigenvalue weighted by molar-refractivity contribution is 9.10. The number of amides is 1. The van der Waals surface area contributed by atoms with Gasteiger partial charge in [0.1, 0.15) is 12.4 Å². The van der Waals surface area contributed by atoms with Crippen LogP contribution >= 0.6 is 27.3 Å². The third-order valence-electron chi connectivity index (χ3n) is 3.36. The molecule has 3 rings (SSSR count). The van der Waals surface area contributed by atoms with E-state index in [0.717, 1.165) is 27.1 Å². The van der Waals surface area contributed by atoms with Crippen molar-refractivity contribution in [3.05, 3.63) is 50.6 Å². The number of hydrogen-bond donors (Lipinski definition) is 1. The number of para-hydroxylation sites is 1. The Morgan fingerprint density at radius 3 is 3.05 bits per heavy atom. The summed E-state index contributed by atoms with van der Waals surface area (Å²) in [7, 11) is 0. The molecule has 2 aromatic rings. The first-order valence-corrected chi connectivity index (χ1v) is 8.11. The smallest absolute Gasteiger partial charge is 0.227 e. The van der Waals surface area contributed by atoms with Crippen molar-refractivity contribution in [2.75, 3.05) is 6.61 Å². The number of halogens is 1. The Labute approximate surface area is 130 Å². The van der Waals surface area contributed by atoms with E-state index in [-0.39, 0.29) is 11.8 Å². The van der Waals surface area contributed by atoms with Crippen molar-refractivity contribution in [1.29, 1.82) is 0 Å². The molecule has 0 spiro atoms. The Morgan fingerprint density at radius 2 is 2.25 bits per heavy atom. The molecule has 0 aliphatic carbocycles. The van der Waals surface area contributed by atoms with E-state index in [1.807, 2.05) is 35.7 Å². The van der Waals surface area contributed by atoms with E-state index in [0.29, 0.717) is 13.2 Å².